The Morgan fingerprint density at radius 1 is 0.938 bits per heavy atom. The van der Waals surface area contributed by atoms with Crippen LogP contribution in [-0.2, 0) is 9.53 Å². The van der Waals surface area contributed by atoms with Gasteiger partial charge in [-0.2, -0.15) is 0 Å². The highest BCUT2D eigenvalue weighted by molar-refractivity contribution is 7.99. The molecule has 0 saturated carbocycles. The number of rotatable bonds is 9. The van der Waals surface area contributed by atoms with Crippen LogP contribution in [0.5, 0.6) is 0 Å². The number of carboxylic acid groups (broad SMARTS) is 1. The van der Waals surface area contributed by atoms with Crippen molar-refractivity contribution in [2.75, 3.05) is 12.9 Å². The lowest BCUT2D eigenvalue weighted by molar-refractivity contribution is -0.140. The number of ether oxygens (including phenoxy) is 1. The molecule has 1 N–H and O–H groups in total. The lowest BCUT2D eigenvalue weighted by Crippen LogP contribution is -2.20. The summed E-state index contributed by atoms with van der Waals surface area (Å²) >= 11 is 7.20. The van der Waals surface area contributed by atoms with E-state index in [9.17, 15) is 19.5 Å². The number of ketones is 1. The number of carboxylic acids is 1. The van der Waals surface area contributed by atoms with Gasteiger partial charge >= 0.3 is 11.9 Å². The van der Waals surface area contributed by atoms with Crippen molar-refractivity contribution in [1.29, 1.82) is 0 Å². The van der Waals surface area contributed by atoms with E-state index < -0.39 is 17.9 Å². The van der Waals surface area contributed by atoms with E-state index in [1.54, 1.807) is 48.5 Å². The lowest BCUT2D eigenvalue weighted by atomic mass is 9.97. The number of hydrogen-bond donors (Lipinski definition) is 1. The topological polar surface area (TPSA) is 80.7 Å². The van der Waals surface area contributed by atoms with Gasteiger partial charge in [0.2, 0.25) is 0 Å². The predicted octanol–water partition coefficient (Wildman–Crippen LogP) is 5.86. The zero-order valence-corrected chi connectivity index (χ0v) is 18.9. The Kier molecular flexibility index (Phi) is 8.09. The third kappa shape index (κ3) is 6.22. The standard InChI is InChI=1S/C25H21ClO5S/c1-31-25(30)19-3-2-4-22(13-19)32-15-20(24(28)29)14-23(27)18-7-5-16(6-8-18)17-9-11-21(26)12-10-17/h2-13,20H,14-15H2,1H3,(H,28,29). The second kappa shape index (κ2) is 11.0. The Labute approximate surface area is 195 Å². The minimum Gasteiger partial charge on any atom is -0.481 e. The molecule has 0 aliphatic rings. The number of aliphatic carboxylic acids is 1. The van der Waals surface area contributed by atoms with Gasteiger partial charge in [0, 0.05) is 27.7 Å². The zero-order valence-electron chi connectivity index (χ0n) is 17.3. The first-order chi connectivity index (χ1) is 15.4. The van der Waals surface area contributed by atoms with Gasteiger partial charge in [0.15, 0.2) is 5.78 Å². The number of hydrogen-bond acceptors (Lipinski definition) is 5. The van der Waals surface area contributed by atoms with Crippen molar-refractivity contribution in [3.8, 4) is 11.1 Å². The molecule has 1 atom stereocenters. The van der Waals surface area contributed by atoms with Gasteiger partial charge in [-0.25, -0.2) is 4.79 Å². The molecule has 5 nitrogen and oxygen atoms in total. The third-order valence-corrected chi connectivity index (χ3v) is 6.28. The summed E-state index contributed by atoms with van der Waals surface area (Å²) in [5.41, 5.74) is 2.77. The van der Waals surface area contributed by atoms with Crippen LogP contribution in [-0.4, -0.2) is 35.7 Å². The van der Waals surface area contributed by atoms with Gasteiger partial charge in [-0.05, 0) is 41.5 Å². The highest BCUT2D eigenvalue weighted by atomic mass is 35.5. The maximum atomic E-state index is 12.7. The van der Waals surface area contributed by atoms with Gasteiger partial charge in [0.1, 0.15) is 0 Å². The molecule has 1 unspecified atom stereocenters. The summed E-state index contributed by atoms with van der Waals surface area (Å²) in [6.45, 7) is 0. The van der Waals surface area contributed by atoms with Crippen molar-refractivity contribution < 1.29 is 24.2 Å². The van der Waals surface area contributed by atoms with E-state index in [2.05, 4.69) is 0 Å². The Balaban J connectivity index is 1.64. The highest BCUT2D eigenvalue weighted by Crippen LogP contribution is 2.26. The van der Waals surface area contributed by atoms with Crippen molar-refractivity contribution in [2.24, 2.45) is 5.92 Å². The maximum Gasteiger partial charge on any atom is 0.337 e. The number of esters is 1. The molecule has 164 valence electrons. The molecule has 0 radical (unpaired) electrons. The van der Waals surface area contributed by atoms with Gasteiger partial charge in [-0.3, -0.25) is 9.59 Å². The fourth-order valence-corrected chi connectivity index (χ4v) is 4.24. The van der Waals surface area contributed by atoms with Crippen molar-refractivity contribution in [3.63, 3.8) is 0 Å². The molecule has 32 heavy (non-hydrogen) atoms. The summed E-state index contributed by atoms with van der Waals surface area (Å²) in [6.07, 6.45) is -0.112. The van der Waals surface area contributed by atoms with Crippen molar-refractivity contribution in [1.82, 2.24) is 0 Å². The van der Waals surface area contributed by atoms with Gasteiger partial charge < -0.3 is 9.84 Å². The Morgan fingerprint density at radius 2 is 1.56 bits per heavy atom. The van der Waals surface area contributed by atoms with Crippen molar-refractivity contribution in [2.45, 2.75) is 11.3 Å². The molecule has 0 fully saturated rings. The van der Waals surface area contributed by atoms with Crippen LogP contribution >= 0.6 is 23.4 Å². The Morgan fingerprint density at radius 3 is 2.16 bits per heavy atom. The Bertz CT molecular complexity index is 1110. The average molecular weight is 469 g/mol. The van der Waals surface area contributed by atoms with Gasteiger partial charge in [-0.1, -0.05) is 54.1 Å². The fraction of sp³-hybridized carbons (Fsp3) is 0.160. The minimum atomic E-state index is -1.03. The van der Waals surface area contributed by atoms with E-state index in [1.807, 2.05) is 24.3 Å². The maximum absolute atomic E-state index is 12.7. The van der Waals surface area contributed by atoms with Crippen LogP contribution in [0.1, 0.15) is 27.1 Å². The highest BCUT2D eigenvalue weighted by Gasteiger charge is 2.22. The monoisotopic (exact) mass is 468 g/mol. The summed E-state index contributed by atoms with van der Waals surface area (Å²) in [7, 11) is 1.30. The first-order valence-corrected chi connectivity index (χ1v) is 11.2. The van der Waals surface area contributed by atoms with Crippen LogP contribution in [0.2, 0.25) is 5.02 Å². The molecular formula is C25H21ClO5S. The van der Waals surface area contributed by atoms with E-state index in [0.717, 1.165) is 16.0 Å². The number of methoxy groups -OCH3 is 1. The third-order valence-electron chi connectivity index (χ3n) is 4.87. The second-order valence-electron chi connectivity index (χ2n) is 7.08. The SMILES string of the molecule is COC(=O)c1cccc(SCC(CC(=O)c2ccc(-c3ccc(Cl)cc3)cc2)C(=O)O)c1. The quantitative estimate of drug-likeness (QED) is 0.240. The number of carbonyl (C=O) groups is 3. The van der Waals surface area contributed by atoms with Gasteiger partial charge in [0.25, 0.3) is 0 Å². The van der Waals surface area contributed by atoms with E-state index in [4.69, 9.17) is 16.3 Å². The normalized spacial score (nSPS) is 11.6. The van der Waals surface area contributed by atoms with Gasteiger partial charge in [-0.15, -0.1) is 11.8 Å². The molecule has 0 aliphatic heterocycles. The fourth-order valence-electron chi connectivity index (χ4n) is 3.08. The molecule has 0 bridgehead atoms. The van der Waals surface area contributed by atoms with Crippen LogP contribution in [0.3, 0.4) is 0 Å². The predicted molar refractivity (Wildman–Crippen MR) is 125 cm³/mol. The molecule has 0 heterocycles. The van der Waals surface area contributed by atoms with Crippen molar-refractivity contribution in [3.05, 3.63) is 88.9 Å². The van der Waals surface area contributed by atoms with E-state index >= 15 is 0 Å². The number of Topliss-reactive ketones (excluding diaryl/α,β-unsaturated/α-hetero) is 1. The van der Waals surface area contributed by atoms with Crippen LogP contribution in [0, 0.1) is 5.92 Å². The molecular weight excluding hydrogens is 448 g/mol. The first-order valence-electron chi connectivity index (χ1n) is 9.80. The number of benzene rings is 3. The van der Waals surface area contributed by atoms with Crippen LogP contribution in [0.4, 0.5) is 0 Å². The average Bonchev–Trinajstić information content (AvgIpc) is 2.81. The molecule has 3 rings (SSSR count). The van der Waals surface area contributed by atoms with E-state index in [0.29, 0.717) is 16.1 Å². The molecule has 0 spiro atoms. The molecule has 0 aliphatic carbocycles. The number of halogens is 1. The summed E-state index contributed by atoms with van der Waals surface area (Å²) in [6, 6.07) is 21.2. The molecule has 0 amide bonds. The number of carbonyl (C=O) groups excluding carboxylic acids is 2. The Hall–Kier alpha value is -3.09. The summed E-state index contributed by atoms with van der Waals surface area (Å²) in [5.74, 6) is -2.38. The summed E-state index contributed by atoms with van der Waals surface area (Å²) < 4.78 is 4.71. The molecule has 7 heteroatoms. The van der Waals surface area contributed by atoms with E-state index in [1.165, 1.54) is 18.9 Å². The summed E-state index contributed by atoms with van der Waals surface area (Å²) in [5, 5.41) is 10.2. The number of thioether (sulfide) groups is 1. The zero-order chi connectivity index (χ0) is 23.1. The molecule has 3 aromatic rings. The van der Waals surface area contributed by atoms with Crippen molar-refractivity contribution >= 4 is 41.1 Å². The van der Waals surface area contributed by atoms with Crippen LogP contribution in [0.15, 0.2) is 77.7 Å². The van der Waals surface area contributed by atoms with Crippen LogP contribution < -0.4 is 0 Å². The summed E-state index contributed by atoms with van der Waals surface area (Å²) in [4.78, 5) is 36.8. The smallest absolute Gasteiger partial charge is 0.337 e. The lowest BCUT2D eigenvalue weighted by Gasteiger charge is -2.12. The molecule has 3 aromatic carbocycles. The molecule has 0 aromatic heterocycles. The first kappa shape index (κ1) is 23.6. The van der Waals surface area contributed by atoms with E-state index in [-0.39, 0.29) is 18.0 Å². The molecule has 0 saturated heterocycles. The van der Waals surface area contributed by atoms with Gasteiger partial charge in [0.05, 0.1) is 18.6 Å². The largest absolute Gasteiger partial charge is 0.481 e. The van der Waals surface area contributed by atoms with Crippen LogP contribution in [0.25, 0.3) is 11.1 Å². The second-order valence-corrected chi connectivity index (χ2v) is 8.61. The minimum absolute atomic E-state index is 0.112.